The number of likely N-dealkylation sites (tertiary alicyclic amines) is 1. The highest BCUT2D eigenvalue weighted by molar-refractivity contribution is 5.98. The maximum absolute atomic E-state index is 12.3. The number of H-pyrrole nitrogens is 1. The second kappa shape index (κ2) is 8.30. The Bertz CT molecular complexity index is 925. The smallest absolute Gasteiger partial charge is 0.267 e. The number of carbonyl (C=O) groups is 2. The van der Waals surface area contributed by atoms with Gasteiger partial charge in [0.05, 0.1) is 0 Å². The number of nitrogens with zero attached hydrogens (tertiary/aromatic N) is 1. The molecule has 2 amide bonds. The summed E-state index contributed by atoms with van der Waals surface area (Å²) < 4.78 is 0. The van der Waals surface area contributed by atoms with Crippen LogP contribution in [0.1, 0.15) is 40.1 Å². The number of amides is 2. The van der Waals surface area contributed by atoms with Crippen LogP contribution >= 0.6 is 0 Å². The van der Waals surface area contributed by atoms with E-state index < -0.39 is 0 Å². The minimum Gasteiger partial charge on any atom is -0.351 e. The summed E-state index contributed by atoms with van der Waals surface area (Å²) in [5, 5.41) is 4.03. The molecule has 2 heterocycles. The lowest BCUT2D eigenvalue weighted by atomic mass is 9.93. The molecule has 5 heteroatoms. The summed E-state index contributed by atoms with van der Waals surface area (Å²) >= 11 is 0. The second-order valence-corrected chi connectivity index (χ2v) is 7.46. The lowest BCUT2D eigenvalue weighted by molar-refractivity contribution is 0.0480. The van der Waals surface area contributed by atoms with Gasteiger partial charge in [-0.1, -0.05) is 42.8 Å². The predicted molar refractivity (Wildman–Crippen MR) is 110 cm³/mol. The molecule has 1 aromatic heterocycles. The quantitative estimate of drug-likeness (QED) is 0.616. The Balaban J connectivity index is 1.12. The molecule has 144 valence electrons. The molecule has 2 aromatic carbocycles. The van der Waals surface area contributed by atoms with Gasteiger partial charge in [-0.05, 0) is 43.0 Å². The first-order chi connectivity index (χ1) is 13.7. The molecule has 0 spiro atoms. The lowest BCUT2D eigenvalue weighted by Crippen LogP contribution is -2.49. The topological polar surface area (TPSA) is 65.2 Å². The molecule has 5 nitrogen and oxygen atoms in total. The lowest BCUT2D eigenvalue weighted by Gasteiger charge is -2.39. The van der Waals surface area contributed by atoms with Gasteiger partial charge in [-0.15, -0.1) is 0 Å². The molecule has 0 radical (unpaired) electrons. The molecule has 28 heavy (non-hydrogen) atoms. The highest BCUT2D eigenvalue weighted by Gasteiger charge is 2.30. The third kappa shape index (κ3) is 4.09. The Kier molecular flexibility index (Phi) is 5.42. The Morgan fingerprint density at radius 3 is 2.54 bits per heavy atom. The number of aromatic amines is 1. The number of para-hydroxylation sites is 1. The third-order valence-electron chi connectivity index (χ3n) is 5.36. The normalized spacial score (nSPS) is 14.1. The number of rotatable bonds is 7. The van der Waals surface area contributed by atoms with Crippen LogP contribution in [0.4, 0.5) is 0 Å². The zero-order chi connectivity index (χ0) is 19.3. The number of nitrogens with one attached hydrogen (secondary N) is 2. The van der Waals surface area contributed by atoms with Crippen molar-refractivity contribution in [1.29, 1.82) is 0 Å². The van der Waals surface area contributed by atoms with Crippen molar-refractivity contribution in [2.24, 2.45) is 5.92 Å². The zero-order valence-corrected chi connectivity index (χ0v) is 15.9. The second-order valence-electron chi connectivity index (χ2n) is 7.46. The molecular formula is C23H25N3O2. The van der Waals surface area contributed by atoms with Crippen LogP contribution < -0.4 is 5.32 Å². The number of hydrogen-bond donors (Lipinski definition) is 2. The molecule has 0 unspecified atom stereocenters. The number of hydrogen-bond acceptors (Lipinski definition) is 2. The molecule has 4 rings (SSSR count). The highest BCUT2D eigenvalue weighted by atomic mass is 16.2. The average Bonchev–Trinajstić information content (AvgIpc) is 3.13. The molecule has 0 aliphatic carbocycles. The van der Waals surface area contributed by atoms with Crippen molar-refractivity contribution in [3.05, 3.63) is 71.9 Å². The van der Waals surface area contributed by atoms with Gasteiger partial charge in [0.15, 0.2) is 0 Å². The summed E-state index contributed by atoms with van der Waals surface area (Å²) in [6.07, 6.45) is 3.11. The van der Waals surface area contributed by atoms with E-state index in [1.807, 2.05) is 65.6 Å². The monoisotopic (exact) mass is 375 g/mol. The zero-order valence-electron chi connectivity index (χ0n) is 15.9. The number of aromatic nitrogens is 1. The van der Waals surface area contributed by atoms with Gasteiger partial charge in [-0.25, -0.2) is 0 Å². The summed E-state index contributed by atoms with van der Waals surface area (Å²) in [4.78, 5) is 29.6. The molecule has 3 aromatic rings. The molecule has 0 atom stereocenters. The number of carbonyl (C=O) groups excluding carboxylic acids is 2. The molecule has 1 saturated heterocycles. The van der Waals surface area contributed by atoms with Gasteiger partial charge in [-0.2, -0.15) is 0 Å². The largest absolute Gasteiger partial charge is 0.351 e. The highest BCUT2D eigenvalue weighted by Crippen LogP contribution is 2.23. The SMILES string of the molecule is O=C(NCCCCC1CN(C(=O)c2ccccc2)C1)c1cc2ccccc2[nH]1. The number of fused-ring (bicyclic) bond motifs is 1. The van der Waals surface area contributed by atoms with Crippen LogP contribution in [0.5, 0.6) is 0 Å². The third-order valence-corrected chi connectivity index (χ3v) is 5.36. The fraction of sp³-hybridized carbons (Fsp3) is 0.304. The maximum Gasteiger partial charge on any atom is 0.267 e. The molecular weight excluding hydrogens is 350 g/mol. The average molecular weight is 375 g/mol. The van der Waals surface area contributed by atoms with Gasteiger partial charge >= 0.3 is 0 Å². The van der Waals surface area contributed by atoms with Crippen LogP contribution in [-0.2, 0) is 0 Å². The van der Waals surface area contributed by atoms with Crippen molar-refractivity contribution in [3.8, 4) is 0 Å². The van der Waals surface area contributed by atoms with E-state index in [0.717, 1.165) is 48.8 Å². The van der Waals surface area contributed by atoms with E-state index in [9.17, 15) is 9.59 Å². The Morgan fingerprint density at radius 2 is 1.75 bits per heavy atom. The van der Waals surface area contributed by atoms with E-state index in [-0.39, 0.29) is 11.8 Å². The van der Waals surface area contributed by atoms with E-state index in [2.05, 4.69) is 10.3 Å². The van der Waals surface area contributed by atoms with Crippen molar-refractivity contribution in [2.75, 3.05) is 19.6 Å². The van der Waals surface area contributed by atoms with E-state index in [1.54, 1.807) is 0 Å². The van der Waals surface area contributed by atoms with Crippen LogP contribution in [0.3, 0.4) is 0 Å². The Morgan fingerprint density at radius 1 is 1.00 bits per heavy atom. The van der Waals surface area contributed by atoms with Gasteiger partial charge in [0.1, 0.15) is 5.69 Å². The van der Waals surface area contributed by atoms with Gasteiger partial charge in [-0.3, -0.25) is 9.59 Å². The molecule has 1 aliphatic rings. The summed E-state index contributed by atoms with van der Waals surface area (Å²) in [5.74, 6) is 0.652. The molecule has 0 bridgehead atoms. The van der Waals surface area contributed by atoms with Crippen molar-refractivity contribution < 1.29 is 9.59 Å². The van der Waals surface area contributed by atoms with Crippen molar-refractivity contribution in [3.63, 3.8) is 0 Å². The summed E-state index contributed by atoms with van der Waals surface area (Å²) in [6, 6.07) is 19.2. The van der Waals surface area contributed by atoms with E-state index >= 15 is 0 Å². The van der Waals surface area contributed by atoms with Crippen LogP contribution in [0, 0.1) is 5.92 Å². The minimum atomic E-state index is -0.0560. The summed E-state index contributed by atoms with van der Waals surface area (Å²) in [7, 11) is 0. The van der Waals surface area contributed by atoms with Crippen LogP contribution in [0.15, 0.2) is 60.7 Å². The van der Waals surface area contributed by atoms with Gasteiger partial charge in [0, 0.05) is 36.1 Å². The summed E-state index contributed by atoms with van der Waals surface area (Å²) in [5.41, 5.74) is 2.35. The first-order valence-corrected chi connectivity index (χ1v) is 9.91. The van der Waals surface area contributed by atoms with E-state index in [1.165, 1.54) is 0 Å². The molecule has 1 aliphatic heterocycles. The fourth-order valence-electron chi connectivity index (χ4n) is 3.73. The fourth-order valence-corrected chi connectivity index (χ4v) is 3.73. The van der Waals surface area contributed by atoms with E-state index in [0.29, 0.717) is 18.2 Å². The van der Waals surface area contributed by atoms with E-state index in [4.69, 9.17) is 0 Å². The van der Waals surface area contributed by atoms with Gasteiger partial charge in [0.2, 0.25) is 0 Å². The minimum absolute atomic E-state index is 0.0560. The number of unbranched alkanes of at least 4 members (excludes halogenated alkanes) is 1. The molecule has 2 N–H and O–H groups in total. The van der Waals surface area contributed by atoms with Crippen molar-refractivity contribution in [2.45, 2.75) is 19.3 Å². The Labute approximate surface area is 164 Å². The Hall–Kier alpha value is -3.08. The first kappa shape index (κ1) is 18.3. The van der Waals surface area contributed by atoms with Crippen LogP contribution in [0.2, 0.25) is 0 Å². The van der Waals surface area contributed by atoms with Gasteiger partial charge < -0.3 is 15.2 Å². The predicted octanol–water partition coefficient (Wildman–Crippen LogP) is 3.84. The molecule has 0 saturated carbocycles. The van der Waals surface area contributed by atoms with Crippen LogP contribution in [0.25, 0.3) is 10.9 Å². The van der Waals surface area contributed by atoms with Crippen LogP contribution in [-0.4, -0.2) is 41.3 Å². The van der Waals surface area contributed by atoms with Crippen molar-refractivity contribution in [1.82, 2.24) is 15.2 Å². The first-order valence-electron chi connectivity index (χ1n) is 9.91. The number of benzene rings is 2. The standard InChI is InChI=1S/C23H25N3O2/c27-22(21-14-19-11-4-5-12-20(19)25-21)24-13-7-6-8-17-15-26(16-17)23(28)18-9-2-1-3-10-18/h1-5,9-12,14,17,25H,6-8,13,15-16H2,(H,24,27). The molecule has 1 fully saturated rings. The maximum atomic E-state index is 12.3. The van der Waals surface area contributed by atoms with Gasteiger partial charge in [0.25, 0.3) is 11.8 Å². The summed E-state index contributed by atoms with van der Waals surface area (Å²) in [6.45, 7) is 2.36. The van der Waals surface area contributed by atoms with Crippen molar-refractivity contribution >= 4 is 22.7 Å².